The van der Waals surface area contributed by atoms with Crippen LogP contribution in [0.4, 0.5) is 0 Å². The van der Waals surface area contributed by atoms with Crippen LogP contribution in [0.1, 0.15) is 316 Å². The SMILES string of the molecule is CC/C=C\C/C=C\C/C=C\C/C=C\C/C=C\CCCCCC(=O)OC(COC(=O)CCCCCCCC/C=C\C/C=C\C/C=C\CCCCCCC)COC(=O)CCCCCCCCCCCCCCCCCCCCC. The highest BCUT2D eigenvalue weighted by Crippen LogP contribution is 2.16. The summed E-state index contributed by atoms with van der Waals surface area (Å²) in [5.41, 5.74) is 0. The van der Waals surface area contributed by atoms with Crippen molar-refractivity contribution in [2.45, 2.75) is 322 Å². The minimum atomic E-state index is -0.802. The Morgan fingerprint density at radius 3 is 0.805 bits per heavy atom. The minimum absolute atomic E-state index is 0.0934. The van der Waals surface area contributed by atoms with Crippen LogP contribution < -0.4 is 0 Å². The summed E-state index contributed by atoms with van der Waals surface area (Å²) in [4.78, 5) is 38.4. The molecule has 0 aromatic heterocycles. The van der Waals surface area contributed by atoms with E-state index in [1.165, 1.54) is 161 Å². The Balaban J connectivity index is 4.45. The first-order valence-electron chi connectivity index (χ1n) is 32.7. The highest BCUT2D eigenvalue weighted by Gasteiger charge is 2.19. The van der Waals surface area contributed by atoms with E-state index < -0.39 is 6.10 Å². The fourth-order valence-electron chi connectivity index (χ4n) is 9.18. The van der Waals surface area contributed by atoms with Gasteiger partial charge in [0, 0.05) is 19.3 Å². The van der Waals surface area contributed by atoms with Crippen LogP contribution in [0.5, 0.6) is 0 Å². The normalized spacial score (nSPS) is 12.7. The maximum Gasteiger partial charge on any atom is 0.306 e. The molecule has 0 radical (unpaired) electrons. The molecule has 0 amide bonds. The lowest BCUT2D eigenvalue weighted by Gasteiger charge is -2.18. The molecule has 0 aromatic rings. The van der Waals surface area contributed by atoms with E-state index in [-0.39, 0.29) is 37.5 Å². The lowest BCUT2D eigenvalue weighted by atomic mass is 10.0. The van der Waals surface area contributed by atoms with E-state index in [2.05, 4.69) is 118 Å². The van der Waals surface area contributed by atoms with Crippen molar-refractivity contribution in [2.75, 3.05) is 13.2 Å². The van der Waals surface area contributed by atoms with Crippen molar-refractivity contribution in [3.63, 3.8) is 0 Å². The van der Waals surface area contributed by atoms with Crippen LogP contribution in [0.2, 0.25) is 0 Å². The second-order valence-electron chi connectivity index (χ2n) is 21.6. The van der Waals surface area contributed by atoms with Gasteiger partial charge in [-0.05, 0) is 103 Å². The molecule has 1 unspecified atom stereocenters. The number of esters is 3. The number of hydrogen-bond donors (Lipinski definition) is 0. The van der Waals surface area contributed by atoms with E-state index in [1.54, 1.807) is 0 Å². The van der Waals surface area contributed by atoms with Crippen molar-refractivity contribution in [3.8, 4) is 0 Å². The zero-order chi connectivity index (χ0) is 55.7. The number of unbranched alkanes of at least 4 members (excludes halogenated alkanes) is 32. The zero-order valence-corrected chi connectivity index (χ0v) is 50.7. The molecule has 0 aliphatic carbocycles. The van der Waals surface area contributed by atoms with Crippen molar-refractivity contribution >= 4 is 17.9 Å². The molecule has 6 heteroatoms. The average molecular weight is 1070 g/mol. The third kappa shape index (κ3) is 63.0. The maximum absolute atomic E-state index is 12.9. The minimum Gasteiger partial charge on any atom is -0.462 e. The predicted octanol–water partition coefficient (Wildman–Crippen LogP) is 22.4. The molecular formula is C71H122O6. The van der Waals surface area contributed by atoms with Crippen molar-refractivity contribution < 1.29 is 28.6 Å². The van der Waals surface area contributed by atoms with Gasteiger partial charge in [0.1, 0.15) is 13.2 Å². The molecule has 0 bridgehead atoms. The molecule has 0 rings (SSSR count). The van der Waals surface area contributed by atoms with Gasteiger partial charge in [0.25, 0.3) is 0 Å². The molecule has 0 aromatic carbocycles. The summed E-state index contributed by atoms with van der Waals surface area (Å²) < 4.78 is 16.9. The van der Waals surface area contributed by atoms with Crippen molar-refractivity contribution in [1.29, 1.82) is 0 Å². The highest BCUT2D eigenvalue weighted by atomic mass is 16.6. The van der Waals surface area contributed by atoms with Crippen molar-refractivity contribution in [2.24, 2.45) is 0 Å². The van der Waals surface area contributed by atoms with Crippen LogP contribution >= 0.6 is 0 Å². The lowest BCUT2D eigenvalue weighted by molar-refractivity contribution is -0.167. The lowest BCUT2D eigenvalue weighted by Crippen LogP contribution is -2.30. The third-order valence-electron chi connectivity index (χ3n) is 14.1. The smallest absolute Gasteiger partial charge is 0.306 e. The molecule has 0 aliphatic rings. The quantitative estimate of drug-likeness (QED) is 0.0261. The van der Waals surface area contributed by atoms with Crippen LogP contribution in [0.15, 0.2) is 97.2 Å². The van der Waals surface area contributed by atoms with Crippen LogP contribution in [-0.4, -0.2) is 37.2 Å². The first-order chi connectivity index (χ1) is 38.0. The molecule has 0 saturated heterocycles. The van der Waals surface area contributed by atoms with Gasteiger partial charge in [-0.15, -0.1) is 0 Å². The molecular weight excluding hydrogens is 949 g/mol. The summed E-state index contributed by atoms with van der Waals surface area (Å²) in [6.07, 6.45) is 86.9. The highest BCUT2D eigenvalue weighted by molar-refractivity contribution is 5.71. The number of carbonyl (C=O) groups excluding carboxylic acids is 3. The van der Waals surface area contributed by atoms with Gasteiger partial charge in [-0.1, -0.05) is 291 Å². The number of ether oxygens (including phenoxy) is 3. The molecule has 6 nitrogen and oxygen atoms in total. The van der Waals surface area contributed by atoms with Gasteiger partial charge in [-0.25, -0.2) is 0 Å². The van der Waals surface area contributed by atoms with E-state index in [4.69, 9.17) is 14.2 Å². The monoisotopic (exact) mass is 1070 g/mol. The second-order valence-corrected chi connectivity index (χ2v) is 21.6. The number of rotatable bonds is 59. The Hall–Kier alpha value is -3.67. The Bertz CT molecular complexity index is 1510. The van der Waals surface area contributed by atoms with Gasteiger partial charge in [-0.2, -0.15) is 0 Å². The van der Waals surface area contributed by atoms with E-state index >= 15 is 0 Å². The largest absolute Gasteiger partial charge is 0.462 e. The van der Waals surface area contributed by atoms with E-state index in [0.29, 0.717) is 12.8 Å². The standard InChI is InChI=1S/C71H122O6/c1-4-7-10-13-16-19-22-25-28-31-34-35-38-40-43-46-49-52-55-58-61-64-70(73)76-67-68(77-71(74)65-62-59-56-53-50-47-44-41-37-33-30-27-24-21-18-15-12-9-6-3)66-75-69(72)63-60-57-54-51-48-45-42-39-36-32-29-26-23-20-17-14-11-8-5-2/h9,12,18,21-22,25,27,30-31,34,37-38,40-41,47,50,68H,4-8,10-11,13-17,19-20,23-24,26,28-29,32-33,35-36,39,42-46,48-49,51-67H2,1-3H3/b12-9-,21-18-,25-22-,30-27-,34-31-,40-38-,41-37-,50-47-. The molecule has 0 heterocycles. The predicted molar refractivity (Wildman–Crippen MR) is 334 cm³/mol. The van der Waals surface area contributed by atoms with Gasteiger partial charge >= 0.3 is 17.9 Å². The van der Waals surface area contributed by atoms with Crippen LogP contribution in [0.3, 0.4) is 0 Å². The van der Waals surface area contributed by atoms with Gasteiger partial charge < -0.3 is 14.2 Å². The Morgan fingerprint density at radius 1 is 0.273 bits per heavy atom. The Labute approximate surface area is 477 Å². The van der Waals surface area contributed by atoms with Crippen molar-refractivity contribution in [1.82, 2.24) is 0 Å². The topological polar surface area (TPSA) is 78.9 Å². The fourth-order valence-corrected chi connectivity index (χ4v) is 9.18. The summed E-state index contributed by atoms with van der Waals surface area (Å²) in [7, 11) is 0. The van der Waals surface area contributed by atoms with Gasteiger partial charge in [-0.3, -0.25) is 14.4 Å². The molecule has 0 fully saturated rings. The summed E-state index contributed by atoms with van der Waals surface area (Å²) >= 11 is 0. The second kappa shape index (κ2) is 64.9. The van der Waals surface area contributed by atoms with Crippen molar-refractivity contribution in [3.05, 3.63) is 97.2 Å². The Morgan fingerprint density at radius 2 is 0.506 bits per heavy atom. The molecule has 0 aliphatic heterocycles. The van der Waals surface area contributed by atoms with E-state index in [9.17, 15) is 14.4 Å². The molecule has 1 atom stereocenters. The third-order valence-corrected chi connectivity index (χ3v) is 14.1. The van der Waals surface area contributed by atoms with Crippen LogP contribution in [0, 0.1) is 0 Å². The van der Waals surface area contributed by atoms with E-state index in [0.717, 1.165) is 116 Å². The Kier molecular flexibility index (Phi) is 61.8. The number of carbonyl (C=O) groups is 3. The molecule has 0 saturated carbocycles. The number of allylic oxidation sites excluding steroid dienone is 16. The van der Waals surface area contributed by atoms with Gasteiger partial charge in [0.15, 0.2) is 6.10 Å². The molecule has 0 spiro atoms. The summed E-state index contributed by atoms with van der Waals surface area (Å²) in [5, 5.41) is 0. The van der Waals surface area contributed by atoms with E-state index in [1.807, 2.05) is 0 Å². The van der Waals surface area contributed by atoms with Gasteiger partial charge in [0.2, 0.25) is 0 Å². The average Bonchev–Trinajstić information content (AvgIpc) is 3.43. The first-order valence-corrected chi connectivity index (χ1v) is 32.7. The number of hydrogen-bond acceptors (Lipinski definition) is 6. The molecule has 0 N–H and O–H groups in total. The van der Waals surface area contributed by atoms with Crippen LogP contribution in [-0.2, 0) is 28.6 Å². The zero-order valence-electron chi connectivity index (χ0n) is 50.7. The summed E-state index contributed by atoms with van der Waals surface area (Å²) in [6.45, 7) is 6.51. The molecule has 77 heavy (non-hydrogen) atoms. The maximum atomic E-state index is 12.9. The molecule has 442 valence electrons. The first kappa shape index (κ1) is 73.3. The van der Waals surface area contributed by atoms with Gasteiger partial charge in [0.05, 0.1) is 0 Å². The summed E-state index contributed by atoms with van der Waals surface area (Å²) in [6, 6.07) is 0. The fraction of sp³-hybridized carbons (Fsp3) is 0.732. The van der Waals surface area contributed by atoms with Crippen LogP contribution in [0.25, 0.3) is 0 Å². The summed E-state index contributed by atoms with van der Waals surface area (Å²) in [5.74, 6) is -0.926.